The summed E-state index contributed by atoms with van der Waals surface area (Å²) in [5, 5.41) is 12.9. The third kappa shape index (κ3) is 4.29. The molecule has 156 valence electrons. The molecule has 0 aliphatic carbocycles. The van der Waals surface area contributed by atoms with Crippen molar-refractivity contribution in [3.63, 3.8) is 0 Å². The fourth-order valence-electron chi connectivity index (χ4n) is 3.75. The zero-order valence-corrected chi connectivity index (χ0v) is 17.7. The first-order valence-electron chi connectivity index (χ1n) is 9.78. The normalized spacial score (nSPS) is 21.4. The summed E-state index contributed by atoms with van der Waals surface area (Å²) in [5.41, 5.74) is 3.19. The smallest absolute Gasteiger partial charge is 0.268 e. The third-order valence-corrected chi connectivity index (χ3v) is 5.70. The van der Waals surface area contributed by atoms with Crippen molar-refractivity contribution in [3.8, 4) is 11.5 Å². The molecule has 2 aliphatic heterocycles. The maximum Gasteiger partial charge on any atom is 0.268 e. The van der Waals surface area contributed by atoms with Gasteiger partial charge in [-0.15, -0.1) is 0 Å². The fourth-order valence-corrected chi connectivity index (χ4v) is 3.97. The van der Waals surface area contributed by atoms with Crippen LogP contribution in [0.2, 0.25) is 0 Å². The molecule has 30 heavy (non-hydrogen) atoms. The van der Waals surface area contributed by atoms with E-state index >= 15 is 0 Å². The van der Waals surface area contributed by atoms with Crippen LogP contribution in [0.1, 0.15) is 36.1 Å². The molecule has 0 radical (unpaired) electrons. The van der Waals surface area contributed by atoms with Crippen molar-refractivity contribution in [1.29, 1.82) is 0 Å². The molecular formula is C22H24N4O3S. The number of amides is 1. The Bertz CT molecular complexity index is 886. The number of hydrogen-bond acceptors (Lipinski definition) is 6. The van der Waals surface area contributed by atoms with Gasteiger partial charge >= 0.3 is 0 Å². The number of ether oxygens (including phenoxy) is 2. The van der Waals surface area contributed by atoms with Crippen LogP contribution >= 0.6 is 12.2 Å². The SMILES string of the molecule is COc1ccc(C2CC(=NN3C(=O)CNC3=S)CC(c3ccc(OC)cc3)N2)cc1. The van der Waals surface area contributed by atoms with Gasteiger partial charge in [-0.2, -0.15) is 10.1 Å². The van der Waals surface area contributed by atoms with Crippen LogP contribution in [-0.2, 0) is 4.79 Å². The maximum absolute atomic E-state index is 12.1. The van der Waals surface area contributed by atoms with Crippen molar-refractivity contribution >= 4 is 28.9 Å². The van der Waals surface area contributed by atoms with Crippen molar-refractivity contribution < 1.29 is 14.3 Å². The highest BCUT2D eigenvalue weighted by Gasteiger charge is 2.31. The van der Waals surface area contributed by atoms with Crippen molar-refractivity contribution in [2.75, 3.05) is 20.8 Å². The lowest BCUT2D eigenvalue weighted by atomic mass is 9.88. The molecule has 0 bridgehead atoms. The van der Waals surface area contributed by atoms with E-state index in [2.05, 4.69) is 40.0 Å². The molecule has 4 rings (SSSR count). The molecule has 8 heteroatoms. The van der Waals surface area contributed by atoms with Gasteiger partial charge in [-0.3, -0.25) is 4.79 Å². The number of thiocarbonyl (C=S) groups is 1. The summed E-state index contributed by atoms with van der Waals surface area (Å²) in [7, 11) is 3.31. The zero-order chi connectivity index (χ0) is 21.1. The molecule has 2 unspecified atom stereocenters. The summed E-state index contributed by atoms with van der Waals surface area (Å²) in [6, 6.07) is 16.1. The molecule has 0 aromatic heterocycles. The Balaban J connectivity index is 1.64. The van der Waals surface area contributed by atoms with Gasteiger partial charge in [0.15, 0.2) is 5.11 Å². The zero-order valence-electron chi connectivity index (χ0n) is 16.9. The van der Waals surface area contributed by atoms with Gasteiger partial charge in [-0.25, -0.2) is 0 Å². The van der Waals surface area contributed by atoms with Gasteiger partial charge in [0.25, 0.3) is 5.91 Å². The van der Waals surface area contributed by atoms with Crippen LogP contribution in [-0.4, -0.2) is 42.5 Å². The van der Waals surface area contributed by atoms with Crippen molar-refractivity contribution in [2.24, 2.45) is 5.10 Å². The first-order valence-corrected chi connectivity index (χ1v) is 10.2. The van der Waals surface area contributed by atoms with Gasteiger partial charge in [0.05, 0.1) is 20.8 Å². The minimum Gasteiger partial charge on any atom is -0.497 e. The molecule has 2 heterocycles. The quantitative estimate of drug-likeness (QED) is 0.719. The standard InChI is InChI=1S/C22H24N4O3S/c1-28-17-7-3-14(4-8-17)19-11-16(25-26-21(27)13-23-22(26)30)12-20(24-19)15-5-9-18(29-2)10-6-15/h3-10,19-20,24H,11-13H2,1-2H3,(H,23,30). The molecule has 2 atom stereocenters. The van der Waals surface area contributed by atoms with E-state index in [1.54, 1.807) is 14.2 Å². The van der Waals surface area contributed by atoms with Crippen molar-refractivity contribution in [2.45, 2.75) is 24.9 Å². The number of nitrogens with zero attached hydrogens (tertiary/aromatic N) is 2. The minimum absolute atomic E-state index is 0.0507. The van der Waals surface area contributed by atoms with E-state index in [0.29, 0.717) is 18.0 Å². The highest BCUT2D eigenvalue weighted by molar-refractivity contribution is 7.80. The first-order chi connectivity index (χ1) is 14.6. The van der Waals surface area contributed by atoms with Gasteiger partial charge < -0.3 is 20.1 Å². The first kappa shape index (κ1) is 20.3. The summed E-state index contributed by atoms with van der Waals surface area (Å²) in [6.07, 6.45) is 1.37. The summed E-state index contributed by atoms with van der Waals surface area (Å²) in [4.78, 5) is 12.1. The fraction of sp³-hybridized carbons (Fsp3) is 0.318. The number of benzene rings is 2. The Hall–Kier alpha value is -2.97. The van der Waals surface area contributed by atoms with Gasteiger partial charge in [0.2, 0.25) is 0 Å². The highest BCUT2D eigenvalue weighted by Crippen LogP contribution is 2.33. The second kappa shape index (κ2) is 8.81. The average molecular weight is 425 g/mol. The second-order valence-corrected chi connectivity index (χ2v) is 7.64. The lowest BCUT2D eigenvalue weighted by Crippen LogP contribution is -2.37. The molecule has 2 aromatic carbocycles. The van der Waals surface area contributed by atoms with Crippen molar-refractivity contribution in [1.82, 2.24) is 15.6 Å². The van der Waals surface area contributed by atoms with Crippen molar-refractivity contribution in [3.05, 3.63) is 59.7 Å². The van der Waals surface area contributed by atoms with Crippen LogP contribution < -0.4 is 20.1 Å². The number of hydrogen-bond donors (Lipinski definition) is 2. The summed E-state index contributed by atoms with van der Waals surface area (Å²) < 4.78 is 10.6. The van der Waals surface area contributed by atoms with E-state index in [-0.39, 0.29) is 24.5 Å². The van der Waals surface area contributed by atoms with Gasteiger partial charge in [-0.05, 0) is 47.6 Å². The van der Waals surface area contributed by atoms with E-state index in [1.165, 1.54) is 5.01 Å². The predicted octanol–water partition coefficient (Wildman–Crippen LogP) is 2.94. The molecule has 2 fully saturated rings. The number of nitrogens with one attached hydrogen (secondary N) is 2. The molecule has 0 saturated carbocycles. The Morgan fingerprint density at radius 1 is 0.933 bits per heavy atom. The Kier molecular flexibility index (Phi) is 5.96. The lowest BCUT2D eigenvalue weighted by Gasteiger charge is -2.33. The molecule has 0 spiro atoms. The van der Waals surface area contributed by atoms with Crippen LogP contribution in [0.4, 0.5) is 0 Å². The predicted molar refractivity (Wildman–Crippen MR) is 119 cm³/mol. The van der Waals surface area contributed by atoms with Gasteiger partial charge in [-0.1, -0.05) is 24.3 Å². The second-order valence-electron chi connectivity index (χ2n) is 7.26. The van der Waals surface area contributed by atoms with E-state index < -0.39 is 0 Å². The molecule has 2 saturated heterocycles. The number of rotatable bonds is 5. The van der Waals surface area contributed by atoms with Crippen LogP contribution in [0.5, 0.6) is 11.5 Å². The van der Waals surface area contributed by atoms with Crippen LogP contribution in [0.25, 0.3) is 0 Å². The monoisotopic (exact) mass is 424 g/mol. The van der Waals surface area contributed by atoms with E-state index in [4.69, 9.17) is 21.7 Å². The lowest BCUT2D eigenvalue weighted by molar-refractivity contribution is -0.124. The summed E-state index contributed by atoms with van der Waals surface area (Å²) in [5.74, 6) is 1.50. The number of hydrazone groups is 1. The Morgan fingerprint density at radius 3 is 1.83 bits per heavy atom. The van der Waals surface area contributed by atoms with Gasteiger partial charge in [0, 0.05) is 30.6 Å². The highest BCUT2D eigenvalue weighted by atomic mass is 32.1. The van der Waals surface area contributed by atoms with Crippen LogP contribution in [0.15, 0.2) is 53.6 Å². The number of carbonyl (C=O) groups is 1. The number of piperidine rings is 1. The molecule has 2 N–H and O–H groups in total. The third-order valence-electron chi connectivity index (χ3n) is 5.38. The van der Waals surface area contributed by atoms with Crippen LogP contribution in [0, 0.1) is 0 Å². The molecule has 2 aromatic rings. The minimum atomic E-state index is -0.131. The van der Waals surface area contributed by atoms with E-state index in [1.807, 2.05) is 24.3 Å². The Morgan fingerprint density at radius 2 is 1.43 bits per heavy atom. The summed E-state index contributed by atoms with van der Waals surface area (Å²) >= 11 is 5.23. The topological polar surface area (TPSA) is 75.2 Å². The molecule has 1 amide bonds. The summed E-state index contributed by atoms with van der Waals surface area (Å²) in [6.45, 7) is 0.192. The van der Waals surface area contributed by atoms with Gasteiger partial charge in [0.1, 0.15) is 11.5 Å². The molecular weight excluding hydrogens is 400 g/mol. The van der Waals surface area contributed by atoms with E-state index in [0.717, 1.165) is 28.3 Å². The molecule has 2 aliphatic rings. The number of carbonyl (C=O) groups excluding carboxylic acids is 1. The maximum atomic E-state index is 12.1. The average Bonchev–Trinajstić information content (AvgIpc) is 3.11. The number of methoxy groups -OCH3 is 2. The van der Waals surface area contributed by atoms with Crippen LogP contribution in [0.3, 0.4) is 0 Å². The van der Waals surface area contributed by atoms with E-state index in [9.17, 15) is 4.79 Å². The Labute approximate surface area is 181 Å². The largest absolute Gasteiger partial charge is 0.497 e. The molecule has 7 nitrogen and oxygen atoms in total.